The number of hydrogen-bond donors (Lipinski definition) is 0. The van der Waals surface area contributed by atoms with E-state index in [1.165, 1.54) is 10.5 Å². The van der Waals surface area contributed by atoms with Crippen molar-refractivity contribution in [3.05, 3.63) is 29.8 Å². The summed E-state index contributed by atoms with van der Waals surface area (Å²) in [6.45, 7) is 23.4. The van der Waals surface area contributed by atoms with Crippen LogP contribution in [0.4, 0.5) is 0 Å². The van der Waals surface area contributed by atoms with Crippen LogP contribution in [0.1, 0.15) is 82.2 Å². The lowest BCUT2D eigenvalue weighted by Gasteiger charge is -2.56. The zero-order valence-electron chi connectivity index (χ0n) is 15.7. The van der Waals surface area contributed by atoms with Crippen LogP contribution < -0.4 is 0 Å². The van der Waals surface area contributed by atoms with Crippen LogP contribution in [-0.4, -0.2) is 4.75 Å². The Labute approximate surface area is 144 Å². The first kappa shape index (κ1) is 21.6. The summed E-state index contributed by atoms with van der Waals surface area (Å²) < 4.78 is 0.209. The SMILES string of the molecule is C.CC.CC1(C)Sc2ccccc2C(C)(C)C(C)(C)C1(C)C. The fourth-order valence-corrected chi connectivity index (χ4v) is 4.98. The average molecular weight is 323 g/mol. The molecule has 2 rings (SSSR count). The van der Waals surface area contributed by atoms with Crippen LogP contribution in [0.3, 0.4) is 0 Å². The smallest absolute Gasteiger partial charge is 0.0207 e. The molecule has 0 atom stereocenters. The van der Waals surface area contributed by atoms with Gasteiger partial charge in [0.1, 0.15) is 0 Å². The summed E-state index contributed by atoms with van der Waals surface area (Å²) in [5.41, 5.74) is 2.10. The lowest BCUT2D eigenvalue weighted by Crippen LogP contribution is -2.53. The summed E-state index contributed by atoms with van der Waals surface area (Å²) in [6, 6.07) is 8.97. The molecule has 0 unspecified atom stereocenters. The van der Waals surface area contributed by atoms with Gasteiger partial charge in [0.05, 0.1) is 0 Å². The molecule has 1 aliphatic rings. The minimum absolute atomic E-state index is 0. The van der Waals surface area contributed by atoms with Crippen molar-refractivity contribution in [1.82, 2.24) is 0 Å². The quantitative estimate of drug-likeness (QED) is 0.474. The second kappa shape index (κ2) is 6.59. The molecule has 0 amide bonds. The van der Waals surface area contributed by atoms with Gasteiger partial charge in [-0.15, -0.1) is 11.8 Å². The first-order chi connectivity index (χ1) is 9.45. The van der Waals surface area contributed by atoms with Gasteiger partial charge in [0.25, 0.3) is 0 Å². The van der Waals surface area contributed by atoms with Gasteiger partial charge >= 0.3 is 0 Å². The summed E-state index contributed by atoms with van der Waals surface area (Å²) in [5.74, 6) is 0. The topological polar surface area (TPSA) is 0 Å². The van der Waals surface area contributed by atoms with E-state index >= 15 is 0 Å². The zero-order valence-corrected chi connectivity index (χ0v) is 16.5. The molecule has 0 saturated carbocycles. The highest BCUT2D eigenvalue weighted by molar-refractivity contribution is 8.00. The highest BCUT2D eigenvalue weighted by atomic mass is 32.2. The largest absolute Gasteiger partial charge is 0.119 e. The number of hydrogen-bond acceptors (Lipinski definition) is 1. The molecule has 1 heterocycles. The van der Waals surface area contributed by atoms with E-state index in [4.69, 9.17) is 0 Å². The molecule has 128 valence electrons. The Morgan fingerprint density at radius 1 is 0.727 bits per heavy atom. The van der Waals surface area contributed by atoms with Crippen molar-refractivity contribution in [3.63, 3.8) is 0 Å². The predicted octanol–water partition coefficient (Wildman–Crippen LogP) is 7.56. The average Bonchev–Trinajstić information content (AvgIpc) is 2.42. The normalized spacial score (nSPS) is 23.0. The fourth-order valence-electron chi connectivity index (χ4n) is 3.34. The van der Waals surface area contributed by atoms with Crippen LogP contribution in [0.25, 0.3) is 0 Å². The molecule has 0 nitrogen and oxygen atoms in total. The summed E-state index contributed by atoms with van der Waals surface area (Å²) in [7, 11) is 0. The molecule has 0 aromatic heterocycles. The van der Waals surface area contributed by atoms with Crippen molar-refractivity contribution < 1.29 is 0 Å². The van der Waals surface area contributed by atoms with Gasteiger partial charge in [-0.25, -0.2) is 0 Å². The van der Waals surface area contributed by atoms with Crippen molar-refractivity contribution >= 4 is 11.8 Å². The van der Waals surface area contributed by atoms with E-state index in [2.05, 4.69) is 79.7 Å². The van der Waals surface area contributed by atoms with Crippen molar-refractivity contribution in [2.45, 2.75) is 91.7 Å². The van der Waals surface area contributed by atoms with Crippen LogP contribution in [-0.2, 0) is 5.41 Å². The van der Waals surface area contributed by atoms with Crippen LogP contribution in [0, 0.1) is 10.8 Å². The van der Waals surface area contributed by atoms with E-state index in [0.717, 1.165) is 0 Å². The monoisotopic (exact) mass is 322 g/mol. The van der Waals surface area contributed by atoms with E-state index in [-0.39, 0.29) is 28.4 Å². The molecule has 0 saturated heterocycles. The van der Waals surface area contributed by atoms with Gasteiger partial charge in [-0.2, -0.15) is 0 Å². The molecule has 1 aliphatic heterocycles. The van der Waals surface area contributed by atoms with Gasteiger partial charge in [0, 0.05) is 9.64 Å². The molecule has 0 bridgehead atoms. The second-order valence-corrected chi connectivity index (χ2v) is 9.65. The molecule has 1 heteroatoms. The van der Waals surface area contributed by atoms with Gasteiger partial charge in [-0.3, -0.25) is 0 Å². The Balaban J connectivity index is 0.00000141. The first-order valence-electron chi connectivity index (χ1n) is 8.24. The Morgan fingerprint density at radius 2 is 1.18 bits per heavy atom. The van der Waals surface area contributed by atoms with Gasteiger partial charge in [0.2, 0.25) is 0 Å². The third-order valence-electron chi connectivity index (χ3n) is 6.56. The predicted molar refractivity (Wildman–Crippen MR) is 105 cm³/mol. The van der Waals surface area contributed by atoms with E-state index in [0.29, 0.717) is 0 Å². The van der Waals surface area contributed by atoms with Gasteiger partial charge < -0.3 is 0 Å². The van der Waals surface area contributed by atoms with Crippen molar-refractivity contribution in [2.75, 3.05) is 0 Å². The van der Waals surface area contributed by atoms with Gasteiger partial charge in [-0.05, 0) is 41.7 Å². The zero-order chi connectivity index (χ0) is 16.7. The molecule has 22 heavy (non-hydrogen) atoms. The highest BCUT2D eigenvalue weighted by Crippen LogP contribution is 2.64. The highest BCUT2D eigenvalue weighted by Gasteiger charge is 2.57. The molecule has 0 spiro atoms. The summed E-state index contributed by atoms with van der Waals surface area (Å²) >= 11 is 2.05. The minimum Gasteiger partial charge on any atom is -0.119 e. The van der Waals surface area contributed by atoms with E-state index in [1.54, 1.807) is 0 Å². The summed E-state index contributed by atoms with van der Waals surface area (Å²) in [4.78, 5) is 1.45. The number of thioether (sulfide) groups is 1. The molecular weight excluding hydrogens is 284 g/mol. The third-order valence-corrected chi connectivity index (χ3v) is 8.15. The maximum Gasteiger partial charge on any atom is 0.0207 e. The summed E-state index contributed by atoms with van der Waals surface area (Å²) in [5, 5.41) is 0. The molecule has 0 N–H and O–H groups in total. The molecule has 1 aromatic carbocycles. The number of rotatable bonds is 0. The number of fused-ring (bicyclic) bond motifs is 1. The minimum atomic E-state index is 0. The molecule has 0 fully saturated rings. The lowest BCUT2D eigenvalue weighted by atomic mass is 9.50. The lowest BCUT2D eigenvalue weighted by molar-refractivity contribution is 0.00815. The fraction of sp³-hybridized carbons (Fsp3) is 0.714. The van der Waals surface area contributed by atoms with E-state index < -0.39 is 0 Å². The molecule has 0 aliphatic carbocycles. The Hall–Kier alpha value is -0.430. The molecular formula is C21H38S. The standard InChI is InChI=1S/C18H28S.C2H6.CH4/c1-15(2)13-11-9-10-12-14(13)19-18(7,8)17(5,6)16(15,3)4;1-2;/h9-12H,1-8H3;1-2H3;1H4. The Morgan fingerprint density at radius 3 is 1.68 bits per heavy atom. The number of benzene rings is 1. The van der Waals surface area contributed by atoms with E-state index in [9.17, 15) is 0 Å². The second-order valence-electron chi connectivity index (χ2n) is 7.98. The first-order valence-corrected chi connectivity index (χ1v) is 9.05. The maximum absolute atomic E-state index is 2.44. The van der Waals surface area contributed by atoms with Crippen LogP contribution in [0.15, 0.2) is 29.2 Å². The van der Waals surface area contributed by atoms with Crippen LogP contribution >= 0.6 is 11.8 Å². The molecule has 0 radical (unpaired) electrons. The third kappa shape index (κ3) is 2.86. The van der Waals surface area contributed by atoms with Crippen molar-refractivity contribution in [3.8, 4) is 0 Å². The van der Waals surface area contributed by atoms with Crippen molar-refractivity contribution in [2.24, 2.45) is 10.8 Å². The maximum atomic E-state index is 2.44. The van der Waals surface area contributed by atoms with E-state index in [1.807, 2.05) is 25.6 Å². The van der Waals surface area contributed by atoms with Crippen molar-refractivity contribution in [1.29, 1.82) is 0 Å². The Kier molecular flexibility index (Phi) is 6.46. The molecule has 1 aromatic rings. The van der Waals surface area contributed by atoms with Crippen LogP contribution in [0.5, 0.6) is 0 Å². The Bertz CT molecular complexity index is 492. The summed E-state index contributed by atoms with van der Waals surface area (Å²) in [6.07, 6.45) is 0. The van der Waals surface area contributed by atoms with Gasteiger partial charge in [0.15, 0.2) is 0 Å². The van der Waals surface area contributed by atoms with Gasteiger partial charge in [-0.1, -0.05) is 81.0 Å². The van der Waals surface area contributed by atoms with Crippen LogP contribution in [0.2, 0.25) is 0 Å².